The zero-order chi connectivity index (χ0) is 26.3. The van der Waals surface area contributed by atoms with Crippen molar-refractivity contribution in [3.63, 3.8) is 0 Å². The molecule has 3 aliphatic rings. The van der Waals surface area contributed by atoms with E-state index in [0.717, 1.165) is 23.8 Å². The molecule has 1 atom stereocenters. The Morgan fingerprint density at radius 1 is 1.17 bits per heavy atom. The van der Waals surface area contributed by atoms with Gasteiger partial charge in [-0.1, -0.05) is 13.8 Å². The number of carbonyl (C=O) groups excluding carboxylic acids is 1. The van der Waals surface area contributed by atoms with Crippen LogP contribution >= 0.6 is 0 Å². The Morgan fingerprint density at radius 2 is 1.86 bits per heavy atom. The van der Waals surface area contributed by atoms with Crippen LogP contribution in [0.5, 0.6) is 0 Å². The molecule has 1 aromatic carbocycles. The lowest BCUT2D eigenvalue weighted by Crippen LogP contribution is -2.50. The third-order valence-electron chi connectivity index (χ3n) is 7.95. The number of halogens is 3. The first-order valence-electron chi connectivity index (χ1n) is 12.9. The molecule has 0 radical (unpaired) electrons. The number of carbonyl (C=O) groups is 2. The molecule has 0 aromatic heterocycles. The summed E-state index contributed by atoms with van der Waals surface area (Å²) in [5.41, 5.74) is -1.61. The van der Waals surface area contributed by atoms with Crippen LogP contribution in [0, 0.1) is 11.3 Å². The molecule has 1 aromatic rings. The van der Waals surface area contributed by atoms with Crippen LogP contribution < -0.4 is 9.80 Å². The average Bonchev–Trinajstić information content (AvgIpc) is 3.12. The fourth-order valence-electron chi connectivity index (χ4n) is 6.14. The molecular weight excluding hydrogens is 475 g/mol. The van der Waals surface area contributed by atoms with Crippen LogP contribution in [-0.2, 0) is 11.0 Å². The zero-order valence-electron chi connectivity index (χ0n) is 20.9. The van der Waals surface area contributed by atoms with Crippen molar-refractivity contribution in [3.05, 3.63) is 23.8 Å². The number of hydrogen-bond donors (Lipinski definition) is 2. The average molecular weight is 512 g/mol. The van der Waals surface area contributed by atoms with E-state index in [4.69, 9.17) is 0 Å². The van der Waals surface area contributed by atoms with Crippen molar-refractivity contribution in [2.24, 2.45) is 11.3 Å². The largest absolute Gasteiger partial charge is 0.465 e. The van der Waals surface area contributed by atoms with Crippen molar-refractivity contribution in [2.45, 2.75) is 77.1 Å². The fraction of sp³-hybridized carbons (Fsp3) is 0.692. The standard InChI is InChI=1S/C26H36F3N3O4/c1-17(2)15-32(24(35)36)19-6-9-22(21(14-19)26(27,28)29)30-12-3-10-25(16-30)11-13-31(23(25)34)18-4-7-20(33)8-5-18/h6,9,14,17-18,20,33H,3-5,7-8,10-13,15-16H2,1-2H3,(H,35,36). The predicted molar refractivity (Wildman–Crippen MR) is 130 cm³/mol. The maximum absolute atomic E-state index is 14.2. The number of aliphatic hydroxyl groups excluding tert-OH is 1. The van der Waals surface area contributed by atoms with Gasteiger partial charge in [0, 0.05) is 43.6 Å². The minimum atomic E-state index is -4.67. The summed E-state index contributed by atoms with van der Waals surface area (Å²) in [4.78, 5) is 29.8. The number of carboxylic acid groups (broad SMARTS) is 1. The normalized spacial score (nSPS) is 27.2. The number of hydrogen-bond acceptors (Lipinski definition) is 4. The Hall–Kier alpha value is -2.49. The lowest BCUT2D eigenvalue weighted by atomic mass is 9.78. The quantitative estimate of drug-likeness (QED) is 0.583. The molecule has 4 rings (SSSR count). The van der Waals surface area contributed by atoms with Gasteiger partial charge in [0.05, 0.1) is 17.1 Å². The summed E-state index contributed by atoms with van der Waals surface area (Å²) in [5.74, 6) is -0.0337. The molecule has 7 nitrogen and oxygen atoms in total. The molecule has 36 heavy (non-hydrogen) atoms. The van der Waals surface area contributed by atoms with E-state index in [9.17, 15) is 33.0 Å². The van der Waals surface area contributed by atoms with Gasteiger partial charge in [0.15, 0.2) is 0 Å². The summed E-state index contributed by atoms with van der Waals surface area (Å²) in [6, 6.07) is 3.79. The molecule has 3 fully saturated rings. The van der Waals surface area contributed by atoms with Gasteiger partial charge in [-0.25, -0.2) is 4.79 Å². The molecule has 1 saturated carbocycles. The summed E-state index contributed by atoms with van der Waals surface area (Å²) in [5, 5.41) is 19.4. The summed E-state index contributed by atoms with van der Waals surface area (Å²) in [7, 11) is 0. The Bertz CT molecular complexity index is 978. The van der Waals surface area contributed by atoms with Gasteiger partial charge in [0.25, 0.3) is 0 Å². The number of aliphatic hydroxyl groups is 1. The number of amides is 2. The second-order valence-electron chi connectivity index (χ2n) is 11.0. The van der Waals surface area contributed by atoms with Crippen molar-refractivity contribution in [2.75, 3.05) is 36.0 Å². The Labute approximate surface area is 209 Å². The van der Waals surface area contributed by atoms with Crippen molar-refractivity contribution < 1.29 is 33.0 Å². The Kier molecular flexibility index (Phi) is 7.46. The van der Waals surface area contributed by atoms with Crippen molar-refractivity contribution in [1.82, 2.24) is 4.90 Å². The molecule has 2 heterocycles. The summed E-state index contributed by atoms with van der Waals surface area (Å²) in [6.07, 6.45) is -1.59. The Balaban J connectivity index is 1.60. The smallest absolute Gasteiger partial charge is 0.418 e. The van der Waals surface area contributed by atoms with E-state index in [1.54, 1.807) is 18.7 Å². The number of piperidine rings is 1. The maximum Gasteiger partial charge on any atom is 0.418 e. The van der Waals surface area contributed by atoms with Gasteiger partial charge >= 0.3 is 12.3 Å². The third-order valence-corrected chi connectivity index (χ3v) is 7.95. The predicted octanol–water partition coefficient (Wildman–Crippen LogP) is 4.97. The summed E-state index contributed by atoms with van der Waals surface area (Å²) >= 11 is 0. The highest BCUT2D eigenvalue weighted by atomic mass is 19.4. The first-order chi connectivity index (χ1) is 16.9. The highest BCUT2D eigenvalue weighted by molar-refractivity contribution is 5.88. The molecule has 0 bridgehead atoms. The van der Waals surface area contributed by atoms with Gasteiger partial charge in [-0.15, -0.1) is 0 Å². The molecule has 2 saturated heterocycles. The second kappa shape index (κ2) is 10.1. The molecule has 2 amide bonds. The molecular formula is C26H36F3N3O4. The van der Waals surface area contributed by atoms with Crippen LogP contribution in [-0.4, -0.2) is 65.4 Å². The maximum atomic E-state index is 14.2. The van der Waals surface area contributed by atoms with Gasteiger partial charge in [-0.2, -0.15) is 13.2 Å². The fourth-order valence-corrected chi connectivity index (χ4v) is 6.14. The molecule has 2 aliphatic heterocycles. The van der Waals surface area contributed by atoms with Crippen molar-refractivity contribution in [3.8, 4) is 0 Å². The number of alkyl halides is 3. The van der Waals surface area contributed by atoms with E-state index in [-0.39, 0.29) is 48.4 Å². The number of nitrogens with zero attached hydrogens (tertiary/aromatic N) is 3. The monoisotopic (exact) mass is 511 g/mol. The first-order valence-corrected chi connectivity index (χ1v) is 12.9. The lowest BCUT2D eigenvalue weighted by Gasteiger charge is -2.42. The first kappa shape index (κ1) is 26.6. The highest BCUT2D eigenvalue weighted by Crippen LogP contribution is 2.46. The van der Waals surface area contributed by atoms with E-state index in [2.05, 4.69) is 0 Å². The molecule has 1 unspecified atom stereocenters. The van der Waals surface area contributed by atoms with E-state index in [0.29, 0.717) is 45.2 Å². The number of rotatable bonds is 5. The summed E-state index contributed by atoms with van der Waals surface area (Å²) in [6.45, 7) is 4.91. The molecule has 1 aliphatic carbocycles. The van der Waals surface area contributed by atoms with Crippen molar-refractivity contribution in [1.29, 1.82) is 0 Å². The van der Waals surface area contributed by atoms with Gasteiger partial charge in [0.1, 0.15) is 0 Å². The van der Waals surface area contributed by atoms with Crippen LogP contribution in [0.3, 0.4) is 0 Å². The van der Waals surface area contributed by atoms with Crippen LogP contribution in [0.25, 0.3) is 0 Å². The van der Waals surface area contributed by atoms with Crippen LogP contribution in [0.15, 0.2) is 18.2 Å². The highest BCUT2D eigenvalue weighted by Gasteiger charge is 2.51. The number of benzene rings is 1. The van der Waals surface area contributed by atoms with Gasteiger partial charge in [-0.3, -0.25) is 9.69 Å². The third kappa shape index (κ3) is 5.28. The molecule has 1 spiro atoms. The van der Waals surface area contributed by atoms with Gasteiger partial charge < -0.3 is 20.0 Å². The number of likely N-dealkylation sites (tertiary alicyclic amines) is 1. The summed E-state index contributed by atoms with van der Waals surface area (Å²) < 4.78 is 42.6. The van der Waals surface area contributed by atoms with E-state index >= 15 is 0 Å². The van der Waals surface area contributed by atoms with E-state index < -0.39 is 23.2 Å². The molecule has 2 N–H and O–H groups in total. The topological polar surface area (TPSA) is 84.3 Å². The minimum absolute atomic E-state index is 0.00718. The van der Waals surface area contributed by atoms with Crippen molar-refractivity contribution >= 4 is 23.4 Å². The molecule has 10 heteroatoms. The Morgan fingerprint density at radius 3 is 2.47 bits per heavy atom. The van der Waals surface area contributed by atoms with Crippen LogP contribution in [0.4, 0.5) is 29.3 Å². The number of anilines is 2. The van der Waals surface area contributed by atoms with Crippen LogP contribution in [0.1, 0.15) is 64.4 Å². The molecule has 200 valence electrons. The minimum Gasteiger partial charge on any atom is -0.465 e. The van der Waals surface area contributed by atoms with E-state index in [1.165, 1.54) is 12.1 Å². The lowest BCUT2D eigenvalue weighted by molar-refractivity contribution is -0.139. The van der Waals surface area contributed by atoms with Gasteiger partial charge in [0.2, 0.25) is 5.91 Å². The van der Waals surface area contributed by atoms with Gasteiger partial charge in [-0.05, 0) is 69.1 Å². The van der Waals surface area contributed by atoms with E-state index in [1.807, 2.05) is 4.90 Å². The van der Waals surface area contributed by atoms with Crippen LogP contribution in [0.2, 0.25) is 0 Å². The zero-order valence-corrected chi connectivity index (χ0v) is 20.9. The SMILES string of the molecule is CC(C)CN(C(=O)O)c1ccc(N2CCCC3(CCN(C4CCC(O)CC4)C3=O)C2)c(C(F)(F)F)c1. The second-order valence-corrected chi connectivity index (χ2v) is 11.0.